The normalized spacial score (nSPS) is 31.2. The predicted molar refractivity (Wildman–Crippen MR) is 80.1 cm³/mol. The van der Waals surface area contributed by atoms with Gasteiger partial charge in [0.25, 0.3) is 0 Å². The van der Waals surface area contributed by atoms with Gasteiger partial charge in [0, 0.05) is 10.8 Å². The van der Waals surface area contributed by atoms with Gasteiger partial charge in [0.2, 0.25) is 0 Å². The molecule has 3 rings (SSSR count). The van der Waals surface area contributed by atoms with Crippen LogP contribution >= 0.6 is 0 Å². The van der Waals surface area contributed by atoms with Crippen LogP contribution in [0.3, 0.4) is 0 Å². The van der Waals surface area contributed by atoms with Gasteiger partial charge in [-0.15, -0.1) is 5.10 Å². The quantitative estimate of drug-likeness (QED) is 0.365. The fourth-order valence-electron chi connectivity index (χ4n) is 2.48. The summed E-state index contributed by atoms with van der Waals surface area (Å²) in [5.41, 5.74) is 5.47. The summed E-state index contributed by atoms with van der Waals surface area (Å²) in [5.74, 6) is 0.417. The minimum absolute atomic E-state index is 0.417. The summed E-state index contributed by atoms with van der Waals surface area (Å²) in [6, 6.07) is 7.45. The molecule has 1 saturated heterocycles. The minimum atomic E-state index is -1.45. The Morgan fingerprint density at radius 3 is 2.65 bits per heavy atom. The second-order valence-electron chi connectivity index (χ2n) is 5.30. The molecule has 9 heteroatoms. The summed E-state index contributed by atoms with van der Waals surface area (Å²) in [5, 5.41) is 48.1. The zero-order valence-electron chi connectivity index (χ0n) is 12.1. The van der Waals surface area contributed by atoms with Crippen LogP contribution in [0.2, 0.25) is 0 Å². The minimum Gasteiger partial charge on any atom is -0.394 e. The number of rotatable bonds is 4. The molecule has 23 heavy (non-hydrogen) atoms. The number of benzene rings is 1. The molecule has 1 aromatic carbocycles. The molecular weight excluding hydrogens is 304 g/mol. The first kappa shape index (κ1) is 16.0. The standard InChI is InChI=1S/C14H18N4O5/c19-6-9-10(20)11(21)12(22)14(23-9)18-17-13-8-4-2-1-3-7(8)5-15-16-13/h1-5,9-12,14,18-22H,6H2,(H,16,17)/t9-,10-,11+,12-,14-/m1/s1. The van der Waals surface area contributed by atoms with Crippen LogP contribution in [0, 0.1) is 0 Å². The molecule has 2 aromatic rings. The number of aromatic nitrogens is 2. The number of nitrogens with zero attached hydrogens (tertiary/aromatic N) is 2. The van der Waals surface area contributed by atoms with Crippen LogP contribution in [0.15, 0.2) is 30.5 Å². The average molecular weight is 322 g/mol. The van der Waals surface area contributed by atoms with Crippen LogP contribution in [0.25, 0.3) is 10.8 Å². The summed E-state index contributed by atoms with van der Waals surface area (Å²) >= 11 is 0. The van der Waals surface area contributed by atoms with E-state index in [1.165, 1.54) is 0 Å². The van der Waals surface area contributed by atoms with Gasteiger partial charge in [0.05, 0.1) is 12.8 Å². The van der Waals surface area contributed by atoms with E-state index < -0.39 is 37.3 Å². The monoisotopic (exact) mass is 322 g/mol. The third kappa shape index (κ3) is 3.11. The van der Waals surface area contributed by atoms with E-state index in [4.69, 9.17) is 9.84 Å². The van der Waals surface area contributed by atoms with Crippen molar-refractivity contribution in [3.8, 4) is 0 Å². The average Bonchev–Trinajstić information content (AvgIpc) is 2.59. The molecule has 1 aliphatic rings. The van der Waals surface area contributed by atoms with Crippen LogP contribution in [-0.4, -0.2) is 67.9 Å². The number of ether oxygens (including phenoxy) is 1. The zero-order valence-corrected chi connectivity index (χ0v) is 12.1. The molecule has 0 amide bonds. The van der Waals surface area contributed by atoms with Crippen LogP contribution in [-0.2, 0) is 4.74 Å². The number of hydrogen-bond acceptors (Lipinski definition) is 9. The molecule has 6 N–H and O–H groups in total. The lowest BCUT2D eigenvalue weighted by molar-refractivity contribution is -0.235. The second-order valence-corrected chi connectivity index (χ2v) is 5.30. The van der Waals surface area contributed by atoms with E-state index in [0.717, 1.165) is 10.8 Å². The maximum Gasteiger partial charge on any atom is 0.170 e. The summed E-state index contributed by atoms with van der Waals surface area (Å²) in [4.78, 5) is 0. The summed E-state index contributed by atoms with van der Waals surface area (Å²) in [6.45, 7) is -0.489. The van der Waals surface area contributed by atoms with E-state index in [0.29, 0.717) is 5.82 Å². The smallest absolute Gasteiger partial charge is 0.170 e. The summed E-state index contributed by atoms with van der Waals surface area (Å²) in [7, 11) is 0. The van der Waals surface area contributed by atoms with E-state index in [1.807, 2.05) is 24.3 Å². The van der Waals surface area contributed by atoms with Crippen LogP contribution in [0.1, 0.15) is 0 Å². The van der Waals surface area contributed by atoms with E-state index in [2.05, 4.69) is 21.0 Å². The molecule has 124 valence electrons. The molecule has 1 fully saturated rings. The lowest BCUT2D eigenvalue weighted by Gasteiger charge is -2.40. The Kier molecular flexibility index (Phi) is 4.66. The number of hydrazine groups is 1. The third-order valence-corrected chi connectivity index (χ3v) is 3.80. The number of nitrogens with one attached hydrogen (secondary N) is 2. The third-order valence-electron chi connectivity index (χ3n) is 3.80. The zero-order chi connectivity index (χ0) is 16.4. The first-order chi connectivity index (χ1) is 11.1. The summed E-state index contributed by atoms with van der Waals surface area (Å²) in [6.07, 6.45) is -4.64. The molecule has 0 bridgehead atoms. The van der Waals surface area contributed by atoms with Crippen molar-refractivity contribution in [2.45, 2.75) is 30.6 Å². The fraction of sp³-hybridized carbons (Fsp3) is 0.429. The lowest BCUT2D eigenvalue weighted by atomic mass is 9.99. The van der Waals surface area contributed by atoms with Crippen molar-refractivity contribution in [2.24, 2.45) is 0 Å². The molecule has 2 heterocycles. The fourth-order valence-corrected chi connectivity index (χ4v) is 2.48. The number of hydrogen-bond donors (Lipinski definition) is 6. The van der Waals surface area contributed by atoms with Crippen LogP contribution < -0.4 is 10.9 Å². The number of aliphatic hydroxyl groups is 4. The van der Waals surface area contributed by atoms with Crippen LogP contribution in [0.5, 0.6) is 0 Å². The SMILES string of the molecule is OC[C@H]1O[C@@H](NNc2nncc3ccccc23)[C@H](O)[C@@H](O)[C@@H]1O. The van der Waals surface area contributed by atoms with Crippen molar-refractivity contribution >= 4 is 16.6 Å². The van der Waals surface area contributed by atoms with Gasteiger partial charge >= 0.3 is 0 Å². The van der Waals surface area contributed by atoms with E-state index in [1.54, 1.807) is 6.20 Å². The highest BCUT2D eigenvalue weighted by Crippen LogP contribution is 2.21. The topological polar surface area (TPSA) is 140 Å². The molecule has 0 aliphatic carbocycles. The van der Waals surface area contributed by atoms with Gasteiger partial charge in [-0.25, -0.2) is 5.43 Å². The number of anilines is 1. The molecule has 0 spiro atoms. The highest BCUT2D eigenvalue weighted by Gasteiger charge is 2.43. The Morgan fingerprint density at radius 2 is 1.87 bits per heavy atom. The molecule has 0 unspecified atom stereocenters. The molecule has 5 atom stereocenters. The van der Waals surface area contributed by atoms with E-state index >= 15 is 0 Å². The molecule has 0 radical (unpaired) electrons. The van der Waals surface area contributed by atoms with E-state index in [9.17, 15) is 15.3 Å². The van der Waals surface area contributed by atoms with Crippen molar-refractivity contribution < 1.29 is 25.2 Å². The van der Waals surface area contributed by atoms with Crippen molar-refractivity contribution in [3.05, 3.63) is 30.5 Å². The Hall–Kier alpha value is -1.88. The molecule has 9 nitrogen and oxygen atoms in total. The molecule has 1 aromatic heterocycles. The lowest BCUT2D eigenvalue weighted by Crippen LogP contribution is -2.63. The van der Waals surface area contributed by atoms with Gasteiger partial charge in [0.15, 0.2) is 12.0 Å². The van der Waals surface area contributed by atoms with Gasteiger partial charge in [-0.05, 0) is 0 Å². The van der Waals surface area contributed by atoms with Crippen LogP contribution in [0.4, 0.5) is 5.82 Å². The van der Waals surface area contributed by atoms with Crippen molar-refractivity contribution in [1.82, 2.24) is 15.6 Å². The Bertz CT molecular complexity index is 665. The van der Waals surface area contributed by atoms with Crippen molar-refractivity contribution in [3.63, 3.8) is 0 Å². The summed E-state index contributed by atoms with van der Waals surface area (Å²) < 4.78 is 5.33. The first-order valence-electron chi connectivity index (χ1n) is 7.14. The largest absolute Gasteiger partial charge is 0.394 e. The van der Waals surface area contributed by atoms with Gasteiger partial charge in [-0.2, -0.15) is 5.10 Å². The van der Waals surface area contributed by atoms with Crippen molar-refractivity contribution in [1.29, 1.82) is 0 Å². The van der Waals surface area contributed by atoms with E-state index in [-0.39, 0.29) is 0 Å². The number of aliphatic hydroxyl groups excluding tert-OH is 4. The van der Waals surface area contributed by atoms with Gasteiger partial charge < -0.3 is 30.6 Å². The second kappa shape index (κ2) is 6.71. The number of fused-ring (bicyclic) bond motifs is 1. The Morgan fingerprint density at radius 1 is 1.09 bits per heavy atom. The molecule has 1 aliphatic heterocycles. The van der Waals surface area contributed by atoms with Crippen molar-refractivity contribution in [2.75, 3.05) is 12.0 Å². The van der Waals surface area contributed by atoms with Gasteiger partial charge in [0.1, 0.15) is 24.4 Å². The predicted octanol–water partition coefficient (Wildman–Crippen LogP) is -1.65. The Balaban J connectivity index is 1.74. The van der Waals surface area contributed by atoms with Gasteiger partial charge in [-0.1, -0.05) is 24.3 Å². The highest BCUT2D eigenvalue weighted by atomic mass is 16.6. The van der Waals surface area contributed by atoms with Gasteiger partial charge in [-0.3, -0.25) is 0 Å². The first-order valence-corrected chi connectivity index (χ1v) is 7.14. The Labute approximate surface area is 131 Å². The molecular formula is C14H18N4O5. The maximum absolute atomic E-state index is 9.96. The maximum atomic E-state index is 9.96. The highest BCUT2D eigenvalue weighted by molar-refractivity contribution is 5.90. The molecule has 0 saturated carbocycles.